The molecule has 0 saturated carbocycles. The third kappa shape index (κ3) is 1.49. The Hall–Kier alpha value is -0.120. The van der Waals surface area contributed by atoms with Crippen LogP contribution in [0.15, 0.2) is 0 Å². The second-order valence-corrected chi connectivity index (χ2v) is 4.49. The standard InChI is InChI=1S/C9H18NO2/c1-10(2)5-3-9(4-6-10)11-7-8-12-9/h3-8H2,1-2H3/q+1. The lowest BCUT2D eigenvalue weighted by atomic mass is 10.0. The van der Waals surface area contributed by atoms with Gasteiger partial charge in [-0.3, -0.25) is 0 Å². The summed E-state index contributed by atoms with van der Waals surface area (Å²) < 4.78 is 12.4. The normalized spacial score (nSPS) is 32.5. The van der Waals surface area contributed by atoms with Gasteiger partial charge in [-0.05, 0) is 0 Å². The highest BCUT2D eigenvalue weighted by molar-refractivity contribution is 4.77. The maximum absolute atomic E-state index is 5.64. The van der Waals surface area contributed by atoms with Gasteiger partial charge in [-0.2, -0.15) is 0 Å². The Morgan fingerprint density at radius 2 is 1.50 bits per heavy atom. The molecule has 12 heavy (non-hydrogen) atoms. The summed E-state index contributed by atoms with van der Waals surface area (Å²) in [7, 11) is 4.53. The number of rotatable bonds is 0. The van der Waals surface area contributed by atoms with Gasteiger partial charge < -0.3 is 14.0 Å². The van der Waals surface area contributed by atoms with Crippen LogP contribution in [0.1, 0.15) is 12.8 Å². The third-order valence-electron chi connectivity index (χ3n) is 3.01. The van der Waals surface area contributed by atoms with Crippen molar-refractivity contribution >= 4 is 0 Å². The number of hydrogen-bond donors (Lipinski definition) is 0. The summed E-state index contributed by atoms with van der Waals surface area (Å²) in [5.74, 6) is -0.187. The minimum atomic E-state index is -0.187. The van der Waals surface area contributed by atoms with Gasteiger partial charge in [0.2, 0.25) is 0 Å². The zero-order chi connectivity index (χ0) is 8.66. The summed E-state index contributed by atoms with van der Waals surface area (Å²) in [6.07, 6.45) is 2.11. The van der Waals surface area contributed by atoms with Crippen molar-refractivity contribution in [2.24, 2.45) is 0 Å². The van der Waals surface area contributed by atoms with Crippen LogP contribution in [0.3, 0.4) is 0 Å². The molecule has 2 aliphatic heterocycles. The maximum atomic E-state index is 5.64. The van der Waals surface area contributed by atoms with Gasteiger partial charge in [-0.25, -0.2) is 0 Å². The molecule has 2 aliphatic rings. The van der Waals surface area contributed by atoms with E-state index in [2.05, 4.69) is 14.1 Å². The summed E-state index contributed by atoms with van der Waals surface area (Å²) in [6, 6.07) is 0. The molecule has 2 rings (SSSR count). The first-order chi connectivity index (χ1) is 5.62. The highest BCUT2D eigenvalue weighted by atomic mass is 16.7. The molecule has 3 heteroatoms. The average Bonchev–Trinajstić information content (AvgIpc) is 2.46. The number of quaternary nitrogens is 1. The van der Waals surface area contributed by atoms with Gasteiger partial charge in [0.15, 0.2) is 5.79 Å². The molecule has 0 amide bonds. The zero-order valence-corrected chi connectivity index (χ0v) is 8.01. The smallest absolute Gasteiger partial charge is 0.179 e. The van der Waals surface area contributed by atoms with Gasteiger partial charge in [0, 0.05) is 0 Å². The molecular weight excluding hydrogens is 154 g/mol. The number of piperidine rings is 1. The molecule has 0 atom stereocenters. The van der Waals surface area contributed by atoms with Crippen LogP contribution in [0, 0.1) is 0 Å². The van der Waals surface area contributed by atoms with Crippen molar-refractivity contribution in [1.82, 2.24) is 0 Å². The van der Waals surface area contributed by atoms with E-state index in [1.165, 1.54) is 13.1 Å². The molecule has 0 unspecified atom stereocenters. The highest BCUT2D eigenvalue weighted by Crippen LogP contribution is 2.32. The van der Waals surface area contributed by atoms with Crippen LogP contribution >= 0.6 is 0 Å². The molecule has 1 spiro atoms. The Balaban J connectivity index is 1.97. The van der Waals surface area contributed by atoms with Crippen LogP contribution in [-0.2, 0) is 9.47 Å². The summed E-state index contributed by atoms with van der Waals surface area (Å²) in [6.45, 7) is 3.90. The lowest BCUT2D eigenvalue weighted by Gasteiger charge is -2.41. The van der Waals surface area contributed by atoms with E-state index >= 15 is 0 Å². The van der Waals surface area contributed by atoms with E-state index < -0.39 is 0 Å². The van der Waals surface area contributed by atoms with Gasteiger partial charge in [0.1, 0.15) is 0 Å². The second kappa shape index (κ2) is 2.69. The first kappa shape index (κ1) is 8.48. The molecule has 2 heterocycles. The Bertz CT molecular complexity index is 161. The monoisotopic (exact) mass is 172 g/mol. The Morgan fingerprint density at radius 1 is 1.00 bits per heavy atom. The Morgan fingerprint density at radius 3 is 2.00 bits per heavy atom. The van der Waals surface area contributed by atoms with E-state index in [1.807, 2.05) is 0 Å². The van der Waals surface area contributed by atoms with Gasteiger partial charge in [-0.1, -0.05) is 0 Å². The molecule has 0 aromatic carbocycles. The Labute approximate surface area is 73.8 Å². The minimum Gasteiger partial charge on any atom is -0.347 e. The predicted octanol–water partition coefficient (Wildman–Crippen LogP) is 0.600. The fourth-order valence-corrected chi connectivity index (χ4v) is 1.97. The molecule has 0 N–H and O–H groups in total. The van der Waals surface area contributed by atoms with Crippen molar-refractivity contribution < 1.29 is 14.0 Å². The number of ether oxygens (including phenoxy) is 2. The lowest BCUT2D eigenvalue weighted by Crippen LogP contribution is -2.52. The quantitative estimate of drug-likeness (QED) is 0.498. The van der Waals surface area contributed by atoms with E-state index in [4.69, 9.17) is 9.47 Å². The van der Waals surface area contributed by atoms with Gasteiger partial charge >= 0.3 is 0 Å². The molecule has 0 aliphatic carbocycles. The molecule has 2 fully saturated rings. The van der Waals surface area contributed by atoms with E-state index in [0.717, 1.165) is 30.5 Å². The SMILES string of the molecule is C[N+]1(C)CCC2(CC1)OCCO2. The lowest BCUT2D eigenvalue weighted by molar-refractivity contribution is -0.898. The second-order valence-electron chi connectivity index (χ2n) is 4.49. The fraction of sp³-hybridized carbons (Fsp3) is 1.00. The molecular formula is C9H18NO2+. The third-order valence-corrected chi connectivity index (χ3v) is 3.01. The maximum Gasteiger partial charge on any atom is 0.179 e. The van der Waals surface area contributed by atoms with Crippen LogP contribution in [0.4, 0.5) is 0 Å². The molecule has 0 aromatic rings. The topological polar surface area (TPSA) is 18.5 Å². The van der Waals surface area contributed by atoms with Crippen LogP contribution in [-0.4, -0.2) is 50.7 Å². The van der Waals surface area contributed by atoms with Gasteiger partial charge in [-0.15, -0.1) is 0 Å². The van der Waals surface area contributed by atoms with Crippen LogP contribution < -0.4 is 0 Å². The molecule has 0 radical (unpaired) electrons. The molecule has 70 valence electrons. The molecule has 0 bridgehead atoms. The zero-order valence-electron chi connectivity index (χ0n) is 8.01. The van der Waals surface area contributed by atoms with Crippen molar-refractivity contribution in [1.29, 1.82) is 0 Å². The van der Waals surface area contributed by atoms with E-state index in [-0.39, 0.29) is 5.79 Å². The van der Waals surface area contributed by atoms with Gasteiger partial charge in [0.05, 0.1) is 53.2 Å². The number of hydrogen-bond acceptors (Lipinski definition) is 2. The molecule has 2 saturated heterocycles. The van der Waals surface area contributed by atoms with Crippen LogP contribution in [0.5, 0.6) is 0 Å². The van der Waals surface area contributed by atoms with E-state index in [0.29, 0.717) is 0 Å². The summed E-state index contributed by atoms with van der Waals surface area (Å²) in [5, 5.41) is 0. The summed E-state index contributed by atoms with van der Waals surface area (Å²) in [5.41, 5.74) is 0. The van der Waals surface area contributed by atoms with Crippen molar-refractivity contribution in [3.05, 3.63) is 0 Å². The molecule has 3 nitrogen and oxygen atoms in total. The first-order valence-corrected chi connectivity index (χ1v) is 4.72. The van der Waals surface area contributed by atoms with Crippen molar-refractivity contribution in [2.45, 2.75) is 18.6 Å². The van der Waals surface area contributed by atoms with E-state index in [9.17, 15) is 0 Å². The fourth-order valence-electron chi connectivity index (χ4n) is 1.97. The Kier molecular flexibility index (Phi) is 1.90. The minimum absolute atomic E-state index is 0.187. The number of nitrogens with zero attached hydrogens (tertiary/aromatic N) is 1. The average molecular weight is 172 g/mol. The number of likely N-dealkylation sites (tertiary alicyclic amines) is 1. The largest absolute Gasteiger partial charge is 0.347 e. The van der Waals surface area contributed by atoms with Gasteiger partial charge in [0.25, 0.3) is 0 Å². The highest BCUT2D eigenvalue weighted by Gasteiger charge is 2.43. The van der Waals surface area contributed by atoms with Crippen molar-refractivity contribution in [3.63, 3.8) is 0 Å². The van der Waals surface area contributed by atoms with Crippen LogP contribution in [0.25, 0.3) is 0 Å². The van der Waals surface area contributed by atoms with Crippen LogP contribution in [0.2, 0.25) is 0 Å². The molecule has 0 aromatic heterocycles. The van der Waals surface area contributed by atoms with E-state index in [1.54, 1.807) is 0 Å². The predicted molar refractivity (Wildman–Crippen MR) is 45.7 cm³/mol. The van der Waals surface area contributed by atoms with Crippen molar-refractivity contribution in [3.8, 4) is 0 Å². The van der Waals surface area contributed by atoms with Crippen molar-refractivity contribution in [2.75, 3.05) is 40.4 Å². The first-order valence-electron chi connectivity index (χ1n) is 4.72. The summed E-state index contributed by atoms with van der Waals surface area (Å²) in [4.78, 5) is 0. The summed E-state index contributed by atoms with van der Waals surface area (Å²) >= 11 is 0.